The second kappa shape index (κ2) is 9.14. The molecule has 0 atom stereocenters. The predicted molar refractivity (Wildman–Crippen MR) is 134 cm³/mol. The molecule has 2 aromatic carbocycles. The van der Waals surface area contributed by atoms with E-state index in [0.717, 1.165) is 17.1 Å². The second-order valence-corrected chi connectivity index (χ2v) is 9.76. The van der Waals surface area contributed by atoms with Crippen molar-refractivity contribution in [1.29, 1.82) is 0 Å². The highest BCUT2D eigenvalue weighted by Crippen LogP contribution is 2.24. The molecule has 0 unspecified atom stereocenters. The number of sulfonamides is 1. The molecule has 2 heterocycles. The SMILES string of the molecule is Cc1ccc(Nc2cc(C)nc(Nc3ccc(NS(=O)(=O)c4c(C)nn(C)c4C)cc3)n2)cc1. The summed E-state index contributed by atoms with van der Waals surface area (Å²) in [6.45, 7) is 7.34. The van der Waals surface area contributed by atoms with Gasteiger partial charge < -0.3 is 10.6 Å². The summed E-state index contributed by atoms with van der Waals surface area (Å²) in [4.78, 5) is 9.17. The summed E-state index contributed by atoms with van der Waals surface area (Å²) in [6.07, 6.45) is 0. The molecule has 176 valence electrons. The van der Waals surface area contributed by atoms with E-state index >= 15 is 0 Å². The van der Waals surface area contributed by atoms with E-state index in [4.69, 9.17) is 0 Å². The quantitative estimate of drug-likeness (QED) is 0.352. The summed E-state index contributed by atoms with van der Waals surface area (Å²) in [7, 11) is -2.04. The fourth-order valence-corrected chi connectivity index (χ4v) is 5.07. The van der Waals surface area contributed by atoms with Crippen LogP contribution in [-0.4, -0.2) is 28.2 Å². The summed E-state index contributed by atoms with van der Waals surface area (Å²) in [5, 5.41) is 10.6. The van der Waals surface area contributed by atoms with E-state index in [0.29, 0.717) is 28.8 Å². The molecule has 0 saturated heterocycles. The van der Waals surface area contributed by atoms with Crippen molar-refractivity contribution in [2.75, 3.05) is 15.4 Å². The standard InChI is InChI=1S/C24H27N7O2S/c1-15-6-8-19(9-7-15)26-22-14-16(2)25-24(28-22)27-20-10-12-21(13-11-20)30-34(32,33)23-17(3)29-31(5)18(23)4/h6-14,30H,1-5H3,(H2,25,26,27,28). The molecule has 2 aromatic heterocycles. The van der Waals surface area contributed by atoms with Gasteiger partial charge >= 0.3 is 0 Å². The first kappa shape index (κ1) is 23.2. The molecule has 4 aromatic rings. The van der Waals surface area contributed by atoms with Crippen LogP contribution in [0.5, 0.6) is 0 Å². The zero-order chi connectivity index (χ0) is 24.5. The summed E-state index contributed by atoms with van der Waals surface area (Å²) >= 11 is 0. The van der Waals surface area contributed by atoms with Gasteiger partial charge in [0.2, 0.25) is 5.95 Å². The fraction of sp³-hybridized carbons (Fsp3) is 0.208. The number of hydrogen-bond acceptors (Lipinski definition) is 7. The van der Waals surface area contributed by atoms with Gasteiger partial charge in [0.15, 0.2) is 0 Å². The van der Waals surface area contributed by atoms with Crippen LogP contribution in [-0.2, 0) is 17.1 Å². The number of anilines is 5. The van der Waals surface area contributed by atoms with Gasteiger partial charge in [-0.3, -0.25) is 9.40 Å². The second-order valence-electron chi connectivity index (χ2n) is 8.14. The summed E-state index contributed by atoms with van der Waals surface area (Å²) < 4.78 is 29.9. The first-order valence-corrected chi connectivity index (χ1v) is 12.2. The van der Waals surface area contributed by atoms with E-state index in [2.05, 4.69) is 30.4 Å². The molecule has 0 spiro atoms. The smallest absolute Gasteiger partial charge is 0.265 e. The highest BCUT2D eigenvalue weighted by molar-refractivity contribution is 7.92. The van der Waals surface area contributed by atoms with Gasteiger partial charge in [0.1, 0.15) is 10.7 Å². The van der Waals surface area contributed by atoms with E-state index < -0.39 is 10.0 Å². The maximum atomic E-state index is 12.9. The van der Waals surface area contributed by atoms with Crippen LogP contribution in [0, 0.1) is 27.7 Å². The first-order chi connectivity index (χ1) is 16.1. The number of aromatic nitrogens is 4. The van der Waals surface area contributed by atoms with Crippen LogP contribution in [0.4, 0.5) is 28.8 Å². The lowest BCUT2D eigenvalue weighted by Gasteiger charge is -2.12. The Morgan fingerprint density at radius 3 is 2.00 bits per heavy atom. The Bertz CT molecular complexity index is 1430. The molecule has 9 nitrogen and oxygen atoms in total. The van der Waals surface area contributed by atoms with Crippen molar-refractivity contribution in [3.8, 4) is 0 Å². The van der Waals surface area contributed by atoms with Gasteiger partial charge in [-0.15, -0.1) is 0 Å². The van der Waals surface area contributed by atoms with Gasteiger partial charge in [-0.2, -0.15) is 10.1 Å². The third-order valence-corrected chi connectivity index (χ3v) is 6.92. The van der Waals surface area contributed by atoms with Gasteiger partial charge in [-0.25, -0.2) is 13.4 Å². The molecule has 0 aliphatic carbocycles. The molecule has 0 saturated carbocycles. The lowest BCUT2D eigenvalue weighted by molar-refractivity contribution is 0.599. The number of aryl methyl sites for hydroxylation is 4. The molecular formula is C24H27N7O2S. The van der Waals surface area contributed by atoms with Crippen LogP contribution in [0.1, 0.15) is 22.6 Å². The zero-order valence-corrected chi connectivity index (χ0v) is 20.5. The Morgan fingerprint density at radius 1 is 0.794 bits per heavy atom. The van der Waals surface area contributed by atoms with E-state index in [9.17, 15) is 8.42 Å². The molecule has 3 N–H and O–H groups in total. The van der Waals surface area contributed by atoms with Crippen LogP contribution in [0.2, 0.25) is 0 Å². The molecule has 0 bridgehead atoms. The van der Waals surface area contributed by atoms with E-state index in [-0.39, 0.29) is 4.90 Å². The third-order valence-electron chi connectivity index (χ3n) is 5.28. The molecule has 34 heavy (non-hydrogen) atoms. The summed E-state index contributed by atoms with van der Waals surface area (Å²) in [6, 6.07) is 16.8. The third kappa shape index (κ3) is 5.18. The average Bonchev–Trinajstić information content (AvgIpc) is 3.02. The predicted octanol–water partition coefficient (Wildman–Crippen LogP) is 4.73. The normalized spacial score (nSPS) is 11.3. The van der Waals surface area contributed by atoms with Crippen LogP contribution in [0.25, 0.3) is 0 Å². The maximum absolute atomic E-state index is 12.9. The highest BCUT2D eigenvalue weighted by Gasteiger charge is 2.23. The minimum atomic E-state index is -3.76. The molecule has 4 rings (SSSR count). The van der Waals surface area contributed by atoms with Crippen molar-refractivity contribution in [3.05, 3.63) is 77.2 Å². The van der Waals surface area contributed by atoms with E-state index in [1.165, 1.54) is 5.56 Å². The number of nitrogens with one attached hydrogen (secondary N) is 3. The van der Waals surface area contributed by atoms with E-state index in [1.807, 2.05) is 44.2 Å². The Labute approximate surface area is 199 Å². The largest absolute Gasteiger partial charge is 0.340 e. The Kier molecular flexibility index (Phi) is 6.25. The zero-order valence-electron chi connectivity index (χ0n) is 19.7. The topological polar surface area (TPSA) is 114 Å². The lowest BCUT2D eigenvalue weighted by Crippen LogP contribution is -2.14. The minimum Gasteiger partial charge on any atom is -0.340 e. The average molecular weight is 478 g/mol. The summed E-state index contributed by atoms with van der Waals surface area (Å²) in [5.41, 5.74) is 5.13. The maximum Gasteiger partial charge on any atom is 0.265 e. The number of rotatable bonds is 7. The van der Waals surface area contributed by atoms with Crippen LogP contribution in [0.3, 0.4) is 0 Å². The molecular weight excluding hydrogens is 450 g/mol. The first-order valence-electron chi connectivity index (χ1n) is 10.7. The van der Waals surface area contributed by atoms with Crippen molar-refractivity contribution < 1.29 is 8.42 Å². The Hall–Kier alpha value is -3.92. The van der Waals surface area contributed by atoms with Gasteiger partial charge in [-0.05, 0) is 64.1 Å². The van der Waals surface area contributed by atoms with Crippen molar-refractivity contribution in [3.63, 3.8) is 0 Å². The van der Waals surface area contributed by atoms with Crippen molar-refractivity contribution in [2.45, 2.75) is 32.6 Å². The molecule has 0 aliphatic heterocycles. The van der Waals surface area contributed by atoms with Crippen LogP contribution >= 0.6 is 0 Å². The van der Waals surface area contributed by atoms with Crippen molar-refractivity contribution >= 4 is 38.9 Å². The van der Waals surface area contributed by atoms with Gasteiger partial charge in [0.25, 0.3) is 10.0 Å². The fourth-order valence-electron chi connectivity index (χ4n) is 3.57. The van der Waals surface area contributed by atoms with Crippen LogP contribution < -0.4 is 15.4 Å². The number of nitrogens with zero attached hydrogens (tertiary/aromatic N) is 4. The number of benzene rings is 2. The van der Waals surface area contributed by atoms with E-state index in [1.54, 1.807) is 49.8 Å². The summed E-state index contributed by atoms with van der Waals surface area (Å²) in [5.74, 6) is 1.11. The molecule has 10 heteroatoms. The Balaban J connectivity index is 1.48. The van der Waals surface area contributed by atoms with Crippen molar-refractivity contribution in [2.24, 2.45) is 7.05 Å². The minimum absolute atomic E-state index is 0.193. The van der Waals surface area contributed by atoms with Gasteiger partial charge in [-0.1, -0.05) is 17.7 Å². The molecule has 0 radical (unpaired) electrons. The lowest BCUT2D eigenvalue weighted by atomic mass is 10.2. The molecule has 0 amide bonds. The molecule has 0 aliphatic rings. The van der Waals surface area contributed by atoms with Crippen molar-refractivity contribution in [1.82, 2.24) is 19.7 Å². The van der Waals surface area contributed by atoms with Gasteiger partial charge in [0.05, 0.1) is 11.4 Å². The van der Waals surface area contributed by atoms with Gasteiger partial charge in [0, 0.05) is 35.9 Å². The highest BCUT2D eigenvalue weighted by atomic mass is 32.2. The van der Waals surface area contributed by atoms with Crippen LogP contribution in [0.15, 0.2) is 59.5 Å². The Morgan fingerprint density at radius 2 is 1.38 bits per heavy atom. The monoisotopic (exact) mass is 477 g/mol. The molecule has 0 fully saturated rings. The number of hydrogen-bond donors (Lipinski definition) is 3.